The predicted molar refractivity (Wildman–Crippen MR) is 121 cm³/mol. The van der Waals surface area contributed by atoms with Crippen LogP contribution in [-0.2, 0) is 4.79 Å². The summed E-state index contributed by atoms with van der Waals surface area (Å²) in [6.45, 7) is 0. The number of aromatic nitrogens is 1. The molecule has 0 atom stereocenters. The molecule has 0 aliphatic carbocycles. The lowest BCUT2D eigenvalue weighted by Crippen LogP contribution is -2.14. The fraction of sp³-hybridized carbons (Fsp3) is 0. The van der Waals surface area contributed by atoms with Gasteiger partial charge < -0.3 is 5.32 Å². The van der Waals surface area contributed by atoms with Crippen molar-refractivity contribution in [1.82, 2.24) is 4.98 Å². The molecule has 0 unspecified atom stereocenters. The van der Waals surface area contributed by atoms with Crippen molar-refractivity contribution < 1.29 is 4.79 Å². The van der Waals surface area contributed by atoms with E-state index in [1.807, 2.05) is 35.7 Å². The standard InChI is InChI=1S/C23H14BrN3OS/c24-18-8-9-22(26-13-18)27-23(28)16(12-25)10-19-11-17(14-29-19)21-7-3-5-15-4-1-2-6-20(15)21/h1-11,13-14H,(H,26,27,28)/b16-10+. The number of carbonyl (C=O) groups is 1. The fourth-order valence-electron chi connectivity index (χ4n) is 2.97. The van der Waals surface area contributed by atoms with E-state index in [0.717, 1.165) is 20.5 Å². The number of fused-ring (bicyclic) bond motifs is 1. The molecule has 0 bridgehead atoms. The molecule has 6 heteroatoms. The summed E-state index contributed by atoms with van der Waals surface area (Å²) in [5.74, 6) is -0.0931. The quantitative estimate of drug-likeness (QED) is 0.288. The number of pyridine rings is 1. The zero-order valence-electron chi connectivity index (χ0n) is 15.1. The third-order valence-corrected chi connectivity index (χ3v) is 5.69. The van der Waals surface area contributed by atoms with Crippen LogP contribution in [-0.4, -0.2) is 10.9 Å². The highest BCUT2D eigenvalue weighted by atomic mass is 79.9. The first-order valence-corrected chi connectivity index (χ1v) is 10.4. The summed E-state index contributed by atoms with van der Waals surface area (Å²) in [6, 6.07) is 21.8. The zero-order valence-corrected chi connectivity index (χ0v) is 17.5. The number of halogens is 1. The van der Waals surface area contributed by atoms with E-state index in [1.165, 1.54) is 22.1 Å². The molecule has 0 fully saturated rings. The number of nitriles is 1. The predicted octanol–water partition coefficient (Wildman–Crippen LogP) is 6.27. The maximum Gasteiger partial charge on any atom is 0.267 e. The van der Waals surface area contributed by atoms with Crippen LogP contribution in [0.2, 0.25) is 0 Å². The molecule has 2 aromatic heterocycles. The van der Waals surface area contributed by atoms with Crippen molar-refractivity contribution in [1.29, 1.82) is 5.26 Å². The van der Waals surface area contributed by atoms with Crippen LogP contribution in [0.5, 0.6) is 0 Å². The zero-order chi connectivity index (χ0) is 20.2. The number of hydrogen-bond acceptors (Lipinski definition) is 4. The molecule has 140 valence electrons. The smallest absolute Gasteiger partial charge is 0.267 e. The van der Waals surface area contributed by atoms with Crippen LogP contribution >= 0.6 is 27.3 Å². The van der Waals surface area contributed by atoms with Crippen LogP contribution in [0.25, 0.3) is 28.0 Å². The molecule has 0 aliphatic rings. The summed E-state index contributed by atoms with van der Waals surface area (Å²) in [4.78, 5) is 17.4. The molecule has 0 aliphatic heterocycles. The molecule has 0 saturated carbocycles. The molecule has 29 heavy (non-hydrogen) atoms. The van der Waals surface area contributed by atoms with Crippen molar-refractivity contribution in [2.24, 2.45) is 0 Å². The van der Waals surface area contributed by atoms with Crippen molar-refractivity contribution >= 4 is 55.8 Å². The second-order valence-electron chi connectivity index (χ2n) is 6.25. The second-order valence-corrected chi connectivity index (χ2v) is 8.11. The molecule has 0 radical (unpaired) electrons. The minimum atomic E-state index is -0.484. The molecular formula is C23H14BrN3OS. The topological polar surface area (TPSA) is 65.8 Å². The van der Waals surface area contributed by atoms with Gasteiger partial charge in [0.2, 0.25) is 0 Å². The normalized spacial score (nSPS) is 11.2. The number of nitrogens with zero attached hydrogens (tertiary/aromatic N) is 2. The van der Waals surface area contributed by atoms with E-state index in [4.69, 9.17) is 0 Å². The summed E-state index contributed by atoms with van der Waals surface area (Å²) in [7, 11) is 0. The largest absolute Gasteiger partial charge is 0.306 e. The van der Waals surface area contributed by atoms with E-state index in [2.05, 4.69) is 50.5 Å². The van der Waals surface area contributed by atoms with E-state index >= 15 is 0 Å². The maximum absolute atomic E-state index is 12.4. The lowest BCUT2D eigenvalue weighted by Gasteiger charge is -2.04. The molecule has 0 saturated heterocycles. The summed E-state index contributed by atoms with van der Waals surface area (Å²) < 4.78 is 0.811. The number of amides is 1. The number of hydrogen-bond donors (Lipinski definition) is 1. The minimum Gasteiger partial charge on any atom is -0.306 e. The Hall–Kier alpha value is -3.27. The van der Waals surface area contributed by atoms with Gasteiger partial charge in [0.15, 0.2) is 0 Å². The van der Waals surface area contributed by atoms with Gasteiger partial charge in [-0.1, -0.05) is 42.5 Å². The first-order chi connectivity index (χ1) is 14.1. The number of thiophene rings is 1. The fourth-order valence-corrected chi connectivity index (χ4v) is 4.04. The van der Waals surface area contributed by atoms with E-state index in [9.17, 15) is 10.1 Å². The van der Waals surface area contributed by atoms with Gasteiger partial charge >= 0.3 is 0 Å². The number of benzene rings is 2. The van der Waals surface area contributed by atoms with Gasteiger partial charge in [-0.2, -0.15) is 5.26 Å². The molecular weight excluding hydrogens is 446 g/mol. The van der Waals surface area contributed by atoms with Crippen LogP contribution in [0.3, 0.4) is 0 Å². The Bertz CT molecular complexity index is 1260. The number of nitrogens with one attached hydrogen (secondary N) is 1. The van der Waals surface area contributed by atoms with Gasteiger partial charge in [0, 0.05) is 15.5 Å². The van der Waals surface area contributed by atoms with E-state index in [0.29, 0.717) is 5.82 Å². The van der Waals surface area contributed by atoms with Crippen LogP contribution in [0.1, 0.15) is 4.88 Å². The van der Waals surface area contributed by atoms with E-state index < -0.39 is 5.91 Å². The third kappa shape index (κ3) is 4.27. The molecule has 0 spiro atoms. The SMILES string of the molecule is N#C/C(=C\c1cc(-c2cccc3ccccc23)cs1)C(=O)Nc1ccc(Br)cn1. The summed E-state index contributed by atoms with van der Waals surface area (Å²) in [5, 5.41) is 16.5. The summed E-state index contributed by atoms with van der Waals surface area (Å²) in [5.41, 5.74) is 2.22. The highest BCUT2D eigenvalue weighted by Gasteiger charge is 2.12. The number of carbonyl (C=O) groups excluding carboxylic acids is 1. The first kappa shape index (κ1) is 19.1. The van der Waals surface area contributed by atoms with Gasteiger partial charge in [-0.25, -0.2) is 4.98 Å². The van der Waals surface area contributed by atoms with Crippen molar-refractivity contribution in [3.8, 4) is 17.2 Å². The van der Waals surface area contributed by atoms with Crippen LogP contribution in [0.15, 0.2) is 82.3 Å². The molecule has 1 amide bonds. The molecule has 4 rings (SSSR count). The van der Waals surface area contributed by atoms with E-state index in [-0.39, 0.29) is 5.57 Å². The Morgan fingerprint density at radius 3 is 2.76 bits per heavy atom. The first-order valence-electron chi connectivity index (χ1n) is 8.75. The molecule has 4 nitrogen and oxygen atoms in total. The van der Waals surface area contributed by atoms with Gasteiger partial charge in [-0.3, -0.25) is 4.79 Å². The van der Waals surface area contributed by atoms with Crippen LogP contribution < -0.4 is 5.32 Å². The molecule has 4 aromatic rings. The van der Waals surface area contributed by atoms with Gasteiger partial charge in [-0.15, -0.1) is 11.3 Å². The number of anilines is 1. The van der Waals surface area contributed by atoms with E-state index in [1.54, 1.807) is 24.4 Å². The second kappa shape index (κ2) is 8.39. The average Bonchev–Trinajstić information content (AvgIpc) is 3.21. The monoisotopic (exact) mass is 459 g/mol. The Balaban J connectivity index is 1.61. The van der Waals surface area contributed by atoms with Crippen LogP contribution in [0.4, 0.5) is 5.82 Å². The minimum absolute atomic E-state index is 0.0287. The lowest BCUT2D eigenvalue weighted by atomic mass is 10.00. The van der Waals surface area contributed by atoms with Crippen LogP contribution in [0, 0.1) is 11.3 Å². The highest BCUT2D eigenvalue weighted by molar-refractivity contribution is 9.10. The number of rotatable bonds is 4. The van der Waals surface area contributed by atoms with Crippen molar-refractivity contribution in [3.05, 3.63) is 87.2 Å². The van der Waals surface area contributed by atoms with Gasteiger partial charge in [-0.05, 0) is 67.5 Å². The highest BCUT2D eigenvalue weighted by Crippen LogP contribution is 2.32. The van der Waals surface area contributed by atoms with Crippen molar-refractivity contribution in [2.75, 3.05) is 5.32 Å². The lowest BCUT2D eigenvalue weighted by molar-refractivity contribution is -0.112. The van der Waals surface area contributed by atoms with Gasteiger partial charge in [0.25, 0.3) is 5.91 Å². The van der Waals surface area contributed by atoms with Crippen molar-refractivity contribution in [3.63, 3.8) is 0 Å². The molecule has 2 aromatic carbocycles. The van der Waals surface area contributed by atoms with Gasteiger partial charge in [0.05, 0.1) is 0 Å². The summed E-state index contributed by atoms with van der Waals surface area (Å²) in [6.07, 6.45) is 3.19. The van der Waals surface area contributed by atoms with Crippen molar-refractivity contribution in [2.45, 2.75) is 0 Å². The molecule has 1 N–H and O–H groups in total. The Morgan fingerprint density at radius 2 is 1.97 bits per heavy atom. The third-order valence-electron chi connectivity index (χ3n) is 4.34. The Kier molecular flexibility index (Phi) is 5.52. The summed E-state index contributed by atoms with van der Waals surface area (Å²) >= 11 is 4.79. The Morgan fingerprint density at radius 1 is 1.14 bits per heavy atom. The average molecular weight is 460 g/mol. The maximum atomic E-state index is 12.4. The van der Waals surface area contributed by atoms with Gasteiger partial charge in [0.1, 0.15) is 17.5 Å². The Labute approximate surface area is 180 Å². The molecule has 2 heterocycles.